The Balaban J connectivity index is 2.42. The zero-order valence-corrected chi connectivity index (χ0v) is 12.5. The van der Waals surface area contributed by atoms with Crippen LogP contribution in [0, 0.1) is 5.92 Å². The number of hydrogen-bond acceptors (Lipinski definition) is 1. The lowest BCUT2D eigenvalue weighted by atomic mass is 9.97. The normalized spacial score (nSPS) is 13.8. The van der Waals surface area contributed by atoms with Crippen LogP contribution in [-0.2, 0) is 4.79 Å². The van der Waals surface area contributed by atoms with Gasteiger partial charge in [-0.3, -0.25) is 4.79 Å². The Morgan fingerprint density at radius 1 is 1.21 bits per heavy atom. The second kappa shape index (κ2) is 8.73. The molecule has 0 aliphatic rings. The van der Waals surface area contributed by atoms with E-state index in [1.54, 1.807) is 0 Å². The van der Waals surface area contributed by atoms with E-state index in [4.69, 9.17) is 0 Å². The molecule has 0 bridgehead atoms. The van der Waals surface area contributed by atoms with E-state index in [2.05, 4.69) is 19.2 Å². The number of carbonyl (C=O) groups excluding carboxylic acids is 1. The number of unbranched alkanes of at least 4 members (excludes halogenated alkanes) is 1. The van der Waals surface area contributed by atoms with Crippen molar-refractivity contribution in [3.63, 3.8) is 0 Å². The van der Waals surface area contributed by atoms with E-state index in [0.29, 0.717) is 5.92 Å². The Morgan fingerprint density at radius 3 is 2.47 bits per heavy atom. The number of nitrogens with one attached hydrogen (secondary N) is 1. The maximum absolute atomic E-state index is 12.1. The van der Waals surface area contributed by atoms with E-state index >= 15 is 0 Å². The van der Waals surface area contributed by atoms with E-state index in [0.717, 1.165) is 18.5 Å². The summed E-state index contributed by atoms with van der Waals surface area (Å²) in [4.78, 5) is 12.1. The van der Waals surface area contributed by atoms with Gasteiger partial charge in [-0.05, 0) is 24.8 Å². The standard InChI is InChI=1S/C17H27NO/c1-4-6-10-15(5-2)13-18-17(19)14(3)16-11-8-7-9-12-16/h7-9,11-12,14-15H,4-6,10,13H2,1-3H3,(H,18,19)/t14-,15+/m0/s1. The van der Waals surface area contributed by atoms with E-state index in [1.165, 1.54) is 19.3 Å². The summed E-state index contributed by atoms with van der Waals surface area (Å²) in [6.45, 7) is 7.19. The van der Waals surface area contributed by atoms with Gasteiger partial charge in [0.2, 0.25) is 5.91 Å². The molecule has 0 saturated heterocycles. The Morgan fingerprint density at radius 2 is 1.89 bits per heavy atom. The molecule has 0 aromatic heterocycles. The van der Waals surface area contributed by atoms with E-state index in [-0.39, 0.29) is 11.8 Å². The molecule has 1 N–H and O–H groups in total. The number of rotatable bonds is 8. The van der Waals surface area contributed by atoms with Crippen molar-refractivity contribution in [2.75, 3.05) is 6.54 Å². The minimum absolute atomic E-state index is 0.0649. The zero-order chi connectivity index (χ0) is 14.1. The molecule has 106 valence electrons. The predicted molar refractivity (Wildman–Crippen MR) is 81.2 cm³/mol. The first-order valence-corrected chi connectivity index (χ1v) is 7.51. The van der Waals surface area contributed by atoms with Crippen LogP contribution in [0.25, 0.3) is 0 Å². The Labute approximate surface area is 117 Å². The van der Waals surface area contributed by atoms with Crippen molar-refractivity contribution < 1.29 is 4.79 Å². The molecule has 2 atom stereocenters. The first-order chi connectivity index (χ1) is 9.19. The molecule has 1 aromatic carbocycles. The number of amides is 1. The number of benzene rings is 1. The fourth-order valence-electron chi connectivity index (χ4n) is 2.23. The van der Waals surface area contributed by atoms with Gasteiger partial charge < -0.3 is 5.32 Å². The third kappa shape index (κ3) is 5.46. The molecule has 1 aromatic rings. The molecule has 0 aliphatic heterocycles. The molecule has 0 unspecified atom stereocenters. The molecule has 0 heterocycles. The van der Waals surface area contributed by atoms with Gasteiger partial charge in [-0.1, -0.05) is 63.4 Å². The summed E-state index contributed by atoms with van der Waals surface area (Å²) >= 11 is 0. The Kier molecular flexibility index (Phi) is 7.24. The van der Waals surface area contributed by atoms with Crippen LogP contribution < -0.4 is 5.32 Å². The molecule has 2 heteroatoms. The van der Waals surface area contributed by atoms with Crippen LogP contribution in [0.4, 0.5) is 0 Å². The molecule has 0 saturated carbocycles. The first-order valence-electron chi connectivity index (χ1n) is 7.51. The van der Waals surface area contributed by atoms with Crippen LogP contribution in [0.3, 0.4) is 0 Å². The summed E-state index contributed by atoms with van der Waals surface area (Å²) in [6, 6.07) is 9.97. The number of carbonyl (C=O) groups is 1. The average Bonchev–Trinajstić information content (AvgIpc) is 2.47. The minimum atomic E-state index is -0.0649. The summed E-state index contributed by atoms with van der Waals surface area (Å²) in [5.41, 5.74) is 1.08. The van der Waals surface area contributed by atoms with E-state index in [9.17, 15) is 4.79 Å². The molecule has 19 heavy (non-hydrogen) atoms. The smallest absolute Gasteiger partial charge is 0.227 e. The van der Waals surface area contributed by atoms with Crippen molar-refractivity contribution in [2.45, 2.75) is 52.4 Å². The molecular formula is C17H27NO. The van der Waals surface area contributed by atoms with Crippen molar-refractivity contribution in [3.05, 3.63) is 35.9 Å². The highest BCUT2D eigenvalue weighted by molar-refractivity contribution is 5.83. The van der Waals surface area contributed by atoms with Crippen molar-refractivity contribution in [1.29, 1.82) is 0 Å². The molecule has 1 amide bonds. The Hall–Kier alpha value is -1.31. The fourth-order valence-corrected chi connectivity index (χ4v) is 2.23. The van der Waals surface area contributed by atoms with Crippen LogP contribution in [0.1, 0.15) is 57.9 Å². The van der Waals surface area contributed by atoms with E-state index < -0.39 is 0 Å². The molecule has 2 nitrogen and oxygen atoms in total. The van der Waals surface area contributed by atoms with Gasteiger partial charge in [-0.25, -0.2) is 0 Å². The predicted octanol–water partition coefficient (Wildman–Crippen LogP) is 4.12. The Bertz CT molecular complexity index is 361. The maximum Gasteiger partial charge on any atom is 0.227 e. The first kappa shape index (κ1) is 15.7. The highest BCUT2D eigenvalue weighted by Gasteiger charge is 2.15. The minimum Gasteiger partial charge on any atom is -0.355 e. The number of hydrogen-bond donors (Lipinski definition) is 1. The maximum atomic E-state index is 12.1. The van der Waals surface area contributed by atoms with Crippen molar-refractivity contribution in [2.24, 2.45) is 5.92 Å². The highest BCUT2D eigenvalue weighted by Crippen LogP contribution is 2.16. The lowest BCUT2D eigenvalue weighted by Crippen LogP contribution is -2.32. The molecule has 0 spiro atoms. The summed E-state index contributed by atoms with van der Waals surface area (Å²) in [7, 11) is 0. The third-order valence-electron chi connectivity index (χ3n) is 3.80. The van der Waals surface area contributed by atoms with Crippen molar-refractivity contribution in [3.8, 4) is 0 Å². The molecular weight excluding hydrogens is 234 g/mol. The van der Waals surface area contributed by atoms with Crippen LogP contribution in [0.5, 0.6) is 0 Å². The molecule has 0 radical (unpaired) electrons. The van der Waals surface area contributed by atoms with Gasteiger partial charge in [0, 0.05) is 6.54 Å². The second-order valence-electron chi connectivity index (χ2n) is 5.29. The summed E-state index contributed by atoms with van der Waals surface area (Å²) in [5, 5.41) is 3.10. The van der Waals surface area contributed by atoms with Gasteiger partial charge in [0.15, 0.2) is 0 Å². The zero-order valence-electron chi connectivity index (χ0n) is 12.5. The largest absolute Gasteiger partial charge is 0.355 e. The van der Waals surface area contributed by atoms with Gasteiger partial charge in [-0.15, -0.1) is 0 Å². The fraction of sp³-hybridized carbons (Fsp3) is 0.588. The van der Waals surface area contributed by atoms with Crippen LogP contribution >= 0.6 is 0 Å². The van der Waals surface area contributed by atoms with Gasteiger partial charge >= 0.3 is 0 Å². The second-order valence-corrected chi connectivity index (χ2v) is 5.29. The van der Waals surface area contributed by atoms with Crippen LogP contribution in [0.2, 0.25) is 0 Å². The van der Waals surface area contributed by atoms with E-state index in [1.807, 2.05) is 37.3 Å². The highest BCUT2D eigenvalue weighted by atomic mass is 16.1. The van der Waals surface area contributed by atoms with Crippen LogP contribution in [-0.4, -0.2) is 12.5 Å². The lowest BCUT2D eigenvalue weighted by Gasteiger charge is -2.18. The van der Waals surface area contributed by atoms with Crippen LogP contribution in [0.15, 0.2) is 30.3 Å². The van der Waals surface area contributed by atoms with Gasteiger partial charge in [0.05, 0.1) is 5.92 Å². The summed E-state index contributed by atoms with van der Waals surface area (Å²) in [6.07, 6.45) is 4.83. The van der Waals surface area contributed by atoms with Gasteiger partial charge in [0.25, 0.3) is 0 Å². The monoisotopic (exact) mass is 261 g/mol. The quantitative estimate of drug-likeness (QED) is 0.749. The average molecular weight is 261 g/mol. The molecule has 0 fully saturated rings. The summed E-state index contributed by atoms with van der Waals surface area (Å²) < 4.78 is 0. The topological polar surface area (TPSA) is 29.1 Å². The lowest BCUT2D eigenvalue weighted by molar-refractivity contribution is -0.122. The van der Waals surface area contributed by atoms with Crippen molar-refractivity contribution in [1.82, 2.24) is 5.32 Å². The summed E-state index contributed by atoms with van der Waals surface area (Å²) in [5.74, 6) is 0.693. The van der Waals surface area contributed by atoms with Crippen molar-refractivity contribution >= 4 is 5.91 Å². The van der Waals surface area contributed by atoms with Gasteiger partial charge in [-0.2, -0.15) is 0 Å². The van der Waals surface area contributed by atoms with Gasteiger partial charge in [0.1, 0.15) is 0 Å². The molecule has 0 aliphatic carbocycles. The third-order valence-corrected chi connectivity index (χ3v) is 3.80. The SMILES string of the molecule is CCCC[C@@H](CC)CNC(=O)[C@@H](C)c1ccccc1. The molecule has 1 rings (SSSR count).